The monoisotopic (exact) mass is 309 g/mol. The molecule has 2 aromatic rings. The fourth-order valence-corrected chi connectivity index (χ4v) is 2.85. The van der Waals surface area contributed by atoms with E-state index < -0.39 is 0 Å². The third-order valence-electron chi connectivity index (χ3n) is 2.65. The summed E-state index contributed by atoms with van der Waals surface area (Å²) < 4.78 is 6.72. The van der Waals surface area contributed by atoms with E-state index >= 15 is 0 Å². The van der Waals surface area contributed by atoms with E-state index in [0.29, 0.717) is 17.7 Å². The van der Waals surface area contributed by atoms with E-state index in [0.717, 1.165) is 9.35 Å². The summed E-state index contributed by atoms with van der Waals surface area (Å²) in [5.74, 6) is 0.772. The summed E-state index contributed by atoms with van der Waals surface area (Å²) in [5, 5.41) is 0. The summed E-state index contributed by atoms with van der Waals surface area (Å²) in [7, 11) is 0. The molecule has 17 heavy (non-hydrogen) atoms. The van der Waals surface area contributed by atoms with Crippen LogP contribution >= 0.6 is 27.3 Å². The quantitative estimate of drug-likeness (QED) is 0.807. The zero-order valence-corrected chi connectivity index (χ0v) is 11.1. The van der Waals surface area contributed by atoms with Crippen LogP contribution in [0.1, 0.15) is 27.8 Å². The van der Waals surface area contributed by atoms with Gasteiger partial charge in [0.1, 0.15) is 11.9 Å². The number of hydrogen-bond donors (Lipinski definition) is 0. The van der Waals surface area contributed by atoms with Crippen molar-refractivity contribution in [2.75, 3.05) is 0 Å². The molecule has 0 bridgehead atoms. The molecule has 0 N–H and O–H groups in total. The molecule has 2 heterocycles. The van der Waals surface area contributed by atoms with Gasteiger partial charge in [-0.15, -0.1) is 11.3 Å². The van der Waals surface area contributed by atoms with E-state index in [1.165, 1.54) is 11.3 Å². The zero-order valence-electron chi connectivity index (χ0n) is 8.72. The van der Waals surface area contributed by atoms with Crippen LogP contribution in [0.5, 0.6) is 5.75 Å². The molecule has 1 aromatic heterocycles. The highest BCUT2D eigenvalue weighted by atomic mass is 79.9. The topological polar surface area (TPSA) is 39.2 Å². The average Bonchev–Trinajstić information content (AvgIpc) is 2.83. The molecule has 0 amide bonds. The summed E-state index contributed by atoms with van der Waals surface area (Å²) >= 11 is 4.87. The molecule has 5 heteroatoms. The lowest BCUT2D eigenvalue weighted by Gasteiger charge is -2.24. The Morgan fingerprint density at radius 2 is 2.35 bits per heavy atom. The van der Waals surface area contributed by atoms with E-state index in [-0.39, 0.29) is 11.9 Å². The molecule has 1 aromatic carbocycles. The van der Waals surface area contributed by atoms with Crippen LogP contribution in [0.25, 0.3) is 0 Å². The number of rotatable bonds is 1. The number of ketones is 1. The molecule has 0 aliphatic carbocycles. The van der Waals surface area contributed by atoms with Crippen molar-refractivity contribution < 1.29 is 9.53 Å². The van der Waals surface area contributed by atoms with Crippen molar-refractivity contribution in [2.24, 2.45) is 0 Å². The van der Waals surface area contributed by atoms with Crippen molar-refractivity contribution in [3.63, 3.8) is 0 Å². The zero-order chi connectivity index (χ0) is 11.8. The number of thiazole rings is 1. The molecule has 1 aliphatic heterocycles. The van der Waals surface area contributed by atoms with Gasteiger partial charge in [-0.1, -0.05) is 15.9 Å². The Morgan fingerprint density at radius 3 is 3.12 bits per heavy atom. The lowest BCUT2D eigenvalue weighted by molar-refractivity contribution is 0.0854. The number of nitrogens with zero attached hydrogens (tertiary/aromatic N) is 1. The van der Waals surface area contributed by atoms with E-state index in [1.807, 2.05) is 12.1 Å². The molecule has 0 saturated heterocycles. The minimum atomic E-state index is -0.191. The molecule has 3 nitrogen and oxygen atoms in total. The molecule has 86 valence electrons. The van der Waals surface area contributed by atoms with Crippen LogP contribution in [0.2, 0.25) is 0 Å². The van der Waals surface area contributed by atoms with Crippen LogP contribution in [-0.4, -0.2) is 10.8 Å². The highest BCUT2D eigenvalue weighted by Crippen LogP contribution is 2.37. The second-order valence-corrected chi connectivity index (χ2v) is 5.61. The lowest BCUT2D eigenvalue weighted by Crippen LogP contribution is -2.19. The van der Waals surface area contributed by atoms with Gasteiger partial charge in [-0.2, -0.15) is 0 Å². The van der Waals surface area contributed by atoms with E-state index in [2.05, 4.69) is 20.9 Å². The van der Waals surface area contributed by atoms with Gasteiger partial charge in [0.15, 0.2) is 5.78 Å². The Bertz CT molecular complexity index is 568. The van der Waals surface area contributed by atoms with Crippen LogP contribution in [0.4, 0.5) is 0 Å². The minimum absolute atomic E-state index is 0.117. The van der Waals surface area contributed by atoms with Crippen molar-refractivity contribution in [1.29, 1.82) is 0 Å². The Labute approximate surface area is 111 Å². The standard InChI is InChI=1S/C12H8BrNO2S/c13-7-1-2-10-8(3-7)9(15)4-11(16-10)12-5-14-6-17-12/h1-3,5-6,11H,4H2. The van der Waals surface area contributed by atoms with Gasteiger partial charge in [0.25, 0.3) is 0 Å². The van der Waals surface area contributed by atoms with Crippen molar-refractivity contribution >= 4 is 33.0 Å². The summed E-state index contributed by atoms with van der Waals surface area (Å²) in [6.45, 7) is 0. The number of hydrogen-bond acceptors (Lipinski definition) is 4. The lowest BCUT2D eigenvalue weighted by atomic mass is 10.0. The molecule has 0 spiro atoms. The number of carbonyl (C=O) groups excluding carboxylic acids is 1. The van der Waals surface area contributed by atoms with Crippen LogP contribution < -0.4 is 4.74 Å². The Kier molecular flexibility index (Phi) is 2.72. The van der Waals surface area contributed by atoms with Crippen LogP contribution in [-0.2, 0) is 0 Å². The molecule has 0 radical (unpaired) electrons. The smallest absolute Gasteiger partial charge is 0.170 e. The third-order valence-corrected chi connectivity index (χ3v) is 4.01. The highest BCUT2D eigenvalue weighted by molar-refractivity contribution is 9.10. The number of aromatic nitrogens is 1. The first-order valence-corrected chi connectivity index (χ1v) is 6.79. The van der Waals surface area contributed by atoms with Crippen molar-refractivity contribution in [2.45, 2.75) is 12.5 Å². The van der Waals surface area contributed by atoms with Crippen LogP contribution in [0, 0.1) is 0 Å². The number of carbonyl (C=O) groups is 1. The van der Waals surface area contributed by atoms with Gasteiger partial charge in [0.2, 0.25) is 0 Å². The van der Waals surface area contributed by atoms with Crippen molar-refractivity contribution in [3.05, 3.63) is 44.8 Å². The largest absolute Gasteiger partial charge is 0.484 e. The molecule has 0 fully saturated rings. The van der Waals surface area contributed by atoms with Crippen molar-refractivity contribution in [3.8, 4) is 5.75 Å². The second-order valence-electron chi connectivity index (χ2n) is 3.78. The Morgan fingerprint density at radius 1 is 1.47 bits per heavy atom. The SMILES string of the molecule is O=C1CC(c2cncs2)Oc2ccc(Br)cc21. The molecule has 1 unspecified atom stereocenters. The maximum absolute atomic E-state index is 12.0. The molecule has 1 aliphatic rings. The first kappa shape index (κ1) is 10.9. The number of fused-ring (bicyclic) bond motifs is 1. The van der Waals surface area contributed by atoms with E-state index in [1.54, 1.807) is 17.8 Å². The molecular formula is C12H8BrNO2S. The summed E-state index contributed by atoms with van der Waals surface area (Å²) in [6.07, 6.45) is 1.95. The number of Topliss-reactive ketones (excluding diaryl/α,β-unsaturated/α-hetero) is 1. The predicted octanol–water partition coefficient (Wildman–Crippen LogP) is 3.61. The number of ether oxygens (including phenoxy) is 1. The van der Waals surface area contributed by atoms with Crippen LogP contribution in [0.15, 0.2) is 34.4 Å². The molecule has 1 atom stereocenters. The fraction of sp³-hybridized carbons (Fsp3) is 0.167. The predicted molar refractivity (Wildman–Crippen MR) is 68.6 cm³/mol. The van der Waals surface area contributed by atoms with Gasteiger partial charge in [-0.3, -0.25) is 9.78 Å². The highest BCUT2D eigenvalue weighted by Gasteiger charge is 2.28. The fourth-order valence-electron chi connectivity index (χ4n) is 1.84. The molecule has 0 saturated carbocycles. The van der Waals surface area contributed by atoms with Gasteiger partial charge >= 0.3 is 0 Å². The van der Waals surface area contributed by atoms with Crippen molar-refractivity contribution in [1.82, 2.24) is 4.98 Å². The maximum Gasteiger partial charge on any atom is 0.170 e. The first-order valence-electron chi connectivity index (χ1n) is 5.12. The van der Waals surface area contributed by atoms with Gasteiger partial charge in [-0.25, -0.2) is 0 Å². The summed E-state index contributed by atoms with van der Waals surface area (Å²) in [6, 6.07) is 5.51. The second kappa shape index (κ2) is 4.23. The maximum atomic E-state index is 12.0. The average molecular weight is 310 g/mol. The van der Waals surface area contributed by atoms with Gasteiger partial charge in [0, 0.05) is 10.7 Å². The van der Waals surface area contributed by atoms with E-state index in [4.69, 9.17) is 4.74 Å². The molecular weight excluding hydrogens is 302 g/mol. The Balaban J connectivity index is 1.99. The Hall–Kier alpha value is -1.20. The van der Waals surface area contributed by atoms with Gasteiger partial charge in [-0.05, 0) is 18.2 Å². The number of halogens is 1. The first-order chi connectivity index (χ1) is 8.24. The minimum Gasteiger partial charge on any atom is -0.484 e. The van der Waals surface area contributed by atoms with Gasteiger partial charge < -0.3 is 4.74 Å². The summed E-state index contributed by atoms with van der Waals surface area (Å²) in [5.41, 5.74) is 2.40. The van der Waals surface area contributed by atoms with E-state index in [9.17, 15) is 4.79 Å². The normalized spacial score (nSPS) is 18.6. The van der Waals surface area contributed by atoms with Gasteiger partial charge in [0.05, 0.1) is 22.4 Å². The molecule has 3 rings (SSSR count). The number of benzene rings is 1. The third kappa shape index (κ3) is 2.00. The summed E-state index contributed by atoms with van der Waals surface area (Å²) in [4.78, 5) is 17.0. The van der Waals surface area contributed by atoms with Crippen LogP contribution in [0.3, 0.4) is 0 Å².